The van der Waals surface area contributed by atoms with Crippen LogP contribution in [0.1, 0.15) is 32.0 Å². The van der Waals surface area contributed by atoms with Crippen LogP contribution < -0.4 is 10.6 Å². The van der Waals surface area contributed by atoms with Crippen molar-refractivity contribution in [1.82, 2.24) is 14.6 Å². The molecule has 0 spiro atoms. The molecule has 162 valence electrons. The molecule has 0 saturated carbocycles. The molecule has 10 heteroatoms. The molecule has 0 radical (unpaired) electrons. The second-order valence-corrected chi connectivity index (χ2v) is 6.95. The molecule has 2 aromatic carbocycles. The van der Waals surface area contributed by atoms with Crippen LogP contribution >= 0.6 is 0 Å². The molecule has 0 bridgehead atoms. The molecule has 2 aromatic heterocycles. The molecule has 0 aliphatic heterocycles. The third-order valence-corrected chi connectivity index (χ3v) is 4.71. The number of aromatic nitrogens is 3. The number of amides is 2. The number of carbonyl (C=O) groups excluding carboxylic acids is 2. The lowest BCUT2D eigenvalue weighted by molar-refractivity contribution is -0.137. The lowest BCUT2D eigenvalue weighted by Gasteiger charge is -2.12. The number of fused-ring (bicyclic) bond motifs is 1. The third kappa shape index (κ3) is 4.29. The highest BCUT2D eigenvalue weighted by Gasteiger charge is 2.30. The minimum absolute atomic E-state index is 0.136. The fraction of sp³-hybridized carbons (Fsp3) is 0.0909. The topological polar surface area (TPSA) is 88.4 Å². The van der Waals surface area contributed by atoms with Gasteiger partial charge in [0.2, 0.25) is 0 Å². The van der Waals surface area contributed by atoms with E-state index in [0.29, 0.717) is 17.0 Å². The number of hydrogen-bond donors (Lipinski definition) is 2. The maximum atomic E-state index is 12.9. The second-order valence-electron chi connectivity index (χ2n) is 6.95. The molecule has 0 atom stereocenters. The Morgan fingerprint density at radius 3 is 2.56 bits per heavy atom. The van der Waals surface area contributed by atoms with E-state index in [-0.39, 0.29) is 11.3 Å². The molecule has 4 aromatic rings. The van der Waals surface area contributed by atoms with Gasteiger partial charge in [-0.1, -0.05) is 12.1 Å². The minimum Gasteiger partial charge on any atom is -0.322 e. The molecule has 0 unspecified atom stereocenters. The number of nitrogens with zero attached hydrogens (tertiary/aromatic N) is 3. The average molecular weight is 439 g/mol. The Labute approximate surface area is 179 Å². The lowest BCUT2D eigenvalue weighted by atomic mass is 10.1. The first kappa shape index (κ1) is 21.0. The Bertz CT molecular complexity index is 1330. The fourth-order valence-electron chi connectivity index (χ4n) is 3.04. The number of aryl methyl sites for hydroxylation is 1. The number of carbonyl (C=O) groups is 2. The summed E-state index contributed by atoms with van der Waals surface area (Å²) in [7, 11) is 0. The maximum Gasteiger partial charge on any atom is 0.416 e. The third-order valence-electron chi connectivity index (χ3n) is 4.71. The summed E-state index contributed by atoms with van der Waals surface area (Å²) >= 11 is 0. The number of anilines is 2. The Hall–Kier alpha value is -4.21. The first-order valence-electron chi connectivity index (χ1n) is 9.42. The van der Waals surface area contributed by atoms with Crippen LogP contribution in [0.3, 0.4) is 0 Å². The van der Waals surface area contributed by atoms with Gasteiger partial charge in [-0.05, 0) is 55.0 Å². The number of imidazole rings is 1. The lowest BCUT2D eigenvalue weighted by Crippen LogP contribution is -2.17. The molecule has 4 rings (SSSR count). The number of benzene rings is 2. The zero-order chi connectivity index (χ0) is 22.9. The molecule has 0 saturated heterocycles. The van der Waals surface area contributed by atoms with E-state index < -0.39 is 23.6 Å². The first-order chi connectivity index (χ1) is 15.2. The number of alkyl halides is 3. The highest BCUT2D eigenvalue weighted by atomic mass is 19.4. The Balaban J connectivity index is 1.54. The van der Waals surface area contributed by atoms with Crippen molar-refractivity contribution in [2.75, 3.05) is 10.6 Å². The van der Waals surface area contributed by atoms with E-state index in [0.717, 1.165) is 17.7 Å². The first-order valence-corrected chi connectivity index (χ1v) is 9.42. The standard InChI is InChI=1S/C22H16F3N5O2/c1-13-7-8-16(28-20(31)14-4-2-5-15(10-14)22(23,24)25)11-17(13)29-21(32)18-12-26-19-6-3-9-27-30(18)19/h2-12H,1H3,(H,28,31)(H,29,32). The van der Waals surface area contributed by atoms with E-state index in [2.05, 4.69) is 20.7 Å². The smallest absolute Gasteiger partial charge is 0.322 e. The summed E-state index contributed by atoms with van der Waals surface area (Å²) in [6.45, 7) is 1.76. The summed E-state index contributed by atoms with van der Waals surface area (Å²) < 4.78 is 40.1. The van der Waals surface area contributed by atoms with Crippen LogP contribution in [0.2, 0.25) is 0 Å². The van der Waals surface area contributed by atoms with Gasteiger partial charge in [0.15, 0.2) is 11.3 Å². The van der Waals surface area contributed by atoms with Crippen LogP contribution in [0.25, 0.3) is 5.65 Å². The molecule has 2 N–H and O–H groups in total. The van der Waals surface area contributed by atoms with Crippen molar-refractivity contribution in [3.63, 3.8) is 0 Å². The number of nitrogens with one attached hydrogen (secondary N) is 2. The normalized spacial score (nSPS) is 11.4. The Morgan fingerprint density at radius 1 is 0.969 bits per heavy atom. The quantitative estimate of drug-likeness (QED) is 0.488. The zero-order valence-electron chi connectivity index (χ0n) is 16.6. The predicted molar refractivity (Wildman–Crippen MR) is 112 cm³/mol. The van der Waals surface area contributed by atoms with E-state index in [1.165, 1.54) is 35.1 Å². The van der Waals surface area contributed by atoms with E-state index in [1.54, 1.807) is 31.2 Å². The predicted octanol–water partition coefficient (Wildman–Crippen LogP) is 4.56. The molecule has 0 aliphatic carbocycles. The van der Waals surface area contributed by atoms with E-state index in [9.17, 15) is 22.8 Å². The second kappa shape index (κ2) is 8.14. The minimum atomic E-state index is -4.55. The molecule has 2 amide bonds. The van der Waals surface area contributed by atoms with Crippen molar-refractivity contribution in [3.05, 3.63) is 89.4 Å². The zero-order valence-corrected chi connectivity index (χ0v) is 16.6. The Morgan fingerprint density at radius 2 is 1.78 bits per heavy atom. The molecule has 32 heavy (non-hydrogen) atoms. The molecule has 2 heterocycles. The molecular weight excluding hydrogens is 423 g/mol. The largest absolute Gasteiger partial charge is 0.416 e. The Kier molecular flexibility index (Phi) is 5.35. The summed E-state index contributed by atoms with van der Waals surface area (Å²) in [4.78, 5) is 29.3. The van der Waals surface area contributed by atoms with E-state index >= 15 is 0 Å². The van der Waals surface area contributed by atoms with Gasteiger partial charge in [-0.3, -0.25) is 9.59 Å². The monoisotopic (exact) mass is 439 g/mol. The number of halogens is 3. The van der Waals surface area contributed by atoms with Gasteiger partial charge < -0.3 is 10.6 Å². The molecule has 7 nitrogen and oxygen atoms in total. The van der Waals surface area contributed by atoms with Gasteiger partial charge in [-0.15, -0.1) is 0 Å². The van der Waals surface area contributed by atoms with E-state index in [1.807, 2.05) is 0 Å². The fourth-order valence-corrected chi connectivity index (χ4v) is 3.04. The maximum absolute atomic E-state index is 12.9. The van der Waals surface area contributed by atoms with Gasteiger partial charge in [-0.2, -0.15) is 18.3 Å². The summed E-state index contributed by atoms with van der Waals surface area (Å²) in [5.74, 6) is -1.16. The molecule has 0 fully saturated rings. The van der Waals surface area contributed by atoms with Crippen LogP contribution in [-0.2, 0) is 6.18 Å². The van der Waals surface area contributed by atoms with Crippen molar-refractivity contribution in [1.29, 1.82) is 0 Å². The average Bonchev–Trinajstić information content (AvgIpc) is 3.20. The van der Waals surface area contributed by atoms with Crippen LogP contribution in [0.15, 0.2) is 67.0 Å². The van der Waals surface area contributed by atoms with Crippen LogP contribution in [0.5, 0.6) is 0 Å². The van der Waals surface area contributed by atoms with Gasteiger partial charge in [0.1, 0.15) is 0 Å². The number of rotatable bonds is 4. The highest BCUT2D eigenvalue weighted by molar-refractivity contribution is 6.06. The van der Waals surface area contributed by atoms with Gasteiger partial charge in [0.05, 0.1) is 11.8 Å². The number of hydrogen-bond acceptors (Lipinski definition) is 4. The summed E-state index contributed by atoms with van der Waals surface area (Å²) in [5, 5.41) is 9.40. The van der Waals surface area contributed by atoms with Crippen LogP contribution in [-0.4, -0.2) is 26.4 Å². The van der Waals surface area contributed by atoms with E-state index in [4.69, 9.17) is 0 Å². The van der Waals surface area contributed by atoms with Gasteiger partial charge >= 0.3 is 6.18 Å². The molecule has 0 aliphatic rings. The van der Waals surface area contributed by atoms with Gasteiger partial charge in [0, 0.05) is 23.1 Å². The van der Waals surface area contributed by atoms with Crippen molar-refractivity contribution in [3.8, 4) is 0 Å². The van der Waals surface area contributed by atoms with Crippen molar-refractivity contribution in [2.24, 2.45) is 0 Å². The summed E-state index contributed by atoms with van der Waals surface area (Å²) in [5.41, 5.74) is 1.13. The van der Waals surface area contributed by atoms with Gasteiger partial charge in [0.25, 0.3) is 11.8 Å². The van der Waals surface area contributed by atoms with Crippen LogP contribution in [0, 0.1) is 6.92 Å². The SMILES string of the molecule is Cc1ccc(NC(=O)c2cccc(C(F)(F)F)c2)cc1NC(=O)c1cnc2cccnn12. The van der Waals surface area contributed by atoms with Crippen LogP contribution in [0.4, 0.5) is 24.5 Å². The summed E-state index contributed by atoms with van der Waals surface area (Å²) in [6.07, 6.45) is -1.63. The van der Waals surface area contributed by atoms with Crippen molar-refractivity contribution >= 4 is 28.8 Å². The highest BCUT2D eigenvalue weighted by Crippen LogP contribution is 2.30. The van der Waals surface area contributed by atoms with Gasteiger partial charge in [-0.25, -0.2) is 9.50 Å². The van der Waals surface area contributed by atoms with Crippen molar-refractivity contribution in [2.45, 2.75) is 13.1 Å². The van der Waals surface area contributed by atoms with Crippen molar-refractivity contribution < 1.29 is 22.8 Å². The summed E-state index contributed by atoms with van der Waals surface area (Å²) in [6, 6.07) is 12.3. The molecular formula is C22H16F3N5O2.